The largest absolute Gasteiger partial charge is 0.497 e. The average Bonchev–Trinajstić information content (AvgIpc) is 2.69. The Bertz CT molecular complexity index is 799. The van der Waals surface area contributed by atoms with E-state index in [0.717, 1.165) is 11.1 Å². The number of amides is 1. The summed E-state index contributed by atoms with van der Waals surface area (Å²) in [6.07, 6.45) is -1.04. The average molecular weight is 385 g/mol. The minimum atomic E-state index is -1.14. The second kappa shape index (κ2) is 7.90. The number of aliphatic hydroxyl groups is 1. The topological polar surface area (TPSA) is 96.3 Å². The molecule has 2 aromatic carbocycles. The summed E-state index contributed by atoms with van der Waals surface area (Å²) in [6.45, 7) is 1.44. The van der Waals surface area contributed by atoms with Gasteiger partial charge in [-0.25, -0.2) is 4.79 Å². The van der Waals surface area contributed by atoms with Gasteiger partial charge in [0.05, 0.1) is 32.3 Å². The molecule has 7 nitrogen and oxygen atoms in total. The summed E-state index contributed by atoms with van der Waals surface area (Å²) in [4.78, 5) is 26.0. The Kier molecular flexibility index (Phi) is 5.56. The first kappa shape index (κ1) is 19.7. The van der Waals surface area contributed by atoms with Crippen LogP contribution in [-0.2, 0) is 9.59 Å². The maximum absolute atomic E-state index is 12.8. The van der Waals surface area contributed by atoms with Crippen LogP contribution in [0.2, 0.25) is 0 Å². The second-order valence-corrected chi connectivity index (χ2v) is 6.74. The van der Waals surface area contributed by atoms with Crippen molar-refractivity contribution in [2.24, 2.45) is 5.92 Å². The molecular formula is C21H23NO6. The summed E-state index contributed by atoms with van der Waals surface area (Å²) in [5.74, 6) is -1.18. The van der Waals surface area contributed by atoms with E-state index in [9.17, 15) is 19.8 Å². The van der Waals surface area contributed by atoms with Crippen molar-refractivity contribution in [3.05, 3.63) is 59.7 Å². The SMILES string of the molecule is COc1ccc(C(c2ccc(OC)cc2)N2C(=O)[C@H]([C@@H](C)O)[C@H]2C(=O)O)cc1. The van der Waals surface area contributed by atoms with E-state index in [1.807, 2.05) is 0 Å². The predicted molar refractivity (Wildman–Crippen MR) is 101 cm³/mol. The van der Waals surface area contributed by atoms with Gasteiger partial charge in [-0.1, -0.05) is 24.3 Å². The number of ether oxygens (including phenoxy) is 2. The van der Waals surface area contributed by atoms with Crippen LogP contribution in [0.15, 0.2) is 48.5 Å². The Hall–Kier alpha value is -3.06. The molecule has 148 valence electrons. The molecule has 1 amide bonds. The van der Waals surface area contributed by atoms with Crippen molar-refractivity contribution in [3.8, 4) is 11.5 Å². The third kappa shape index (κ3) is 3.41. The normalized spacial score (nSPS) is 19.9. The first-order valence-corrected chi connectivity index (χ1v) is 8.90. The Morgan fingerprint density at radius 1 is 0.964 bits per heavy atom. The van der Waals surface area contributed by atoms with Gasteiger partial charge in [0, 0.05) is 0 Å². The van der Waals surface area contributed by atoms with Crippen LogP contribution in [0, 0.1) is 5.92 Å². The third-order valence-electron chi connectivity index (χ3n) is 5.09. The van der Waals surface area contributed by atoms with Crippen molar-refractivity contribution >= 4 is 11.9 Å². The first-order valence-electron chi connectivity index (χ1n) is 8.90. The molecule has 7 heteroatoms. The minimum absolute atomic E-state index is 0.390. The van der Waals surface area contributed by atoms with E-state index in [-0.39, 0.29) is 5.91 Å². The zero-order valence-electron chi connectivity index (χ0n) is 15.9. The van der Waals surface area contributed by atoms with Crippen molar-refractivity contribution < 1.29 is 29.3 Å². The number of methoxy groups -OCH3 is 2. The maximum Gasteiger partial charge on any atom is 0.327 e. The van der Waals surface area contributed by atoms with Gasteiger partial charge >= 0.3 is 5.97 Å². The van der Waals surface area contributed by atoms with Gasteiger partial charge in [-0.2, -0.15) is 0 Å². The number of hydrogen-bond acceptors (Lipinski definition) is 5. The molecule has 2 aromatic rings. The fourth-order valence-electron chi connectivity index (χ4n) is 3.65. The van der Waals surface area contributed by atoms with Gasteiger partial charge in [-0.15, -0.1) is 0 Å². The van der Waals surface area contributed by atoms with Gasteiger partial charge in [-0.05, 0) is 42.3 Å². The zero-order chi connectivity index (χ0) is 20.4. The lowest BCUT2D eigenvalue weighted by atomic mass is 9.79. The molecule has 28 heavy (non-hydrogen) atoms. The maximum atomic E-state index is 12.8. The highest BCUT2D eigenvalue weighted by Gasteiger charge is 2.56. The van der Waals surface area contributed by atoms with Crippen LogP contribution in [0.3, 0.4) is 0 Å². The number of carbonyl (C=O) groups is 2. The van der Waals surface area contributed by atoms with Crippen molar-refractivity contribution in [1.29, 1.82) is 0 Å². The smallest absolute Gasteiger partial charge is 0.327 e. The number of carboxylic acids is 1. The molecule has 0 radical (unpaired) electrons. The number of carboxylic acid groups (broad SMARTS) is 1. The molecule has 1 fully saturated rings. The second-order valence-electron chi connectivity index (χ2n) is 6.74. The molecule has 0 spiro atoms. The molecule has 1 aliphatic rings. The van der Waals surface area contributed by atoms with Crippen LogP contribution in [0.4, 0.5) is 0 Å². The minimum Gasteiger partial charge on any atom is -0.497 e. The van der Waals surface area contributed by atoms with Crippen LogP contribution in [0.1, 0.15) is 24.1 Å². The molecule has 1 heterocycles. The fourth-order valence-corrected chi connectivity index (χ4v) is 3.65. The van der Waals surface area contributed by atoms with E-state index in [1.54, 1.807) is 62.8 Å². The van der Waals surface area contributed by atoms with E-state index in [2.05, 4.69) is 0 Å². The zero-order valence-corrected chi connectivity index (χ0v) is 15.9. The highest BCUT2D eigenvalue weighted by Crippen LogP contribution is 2.41. The number of rotatable bonds is 7. The quantitative estimate of drug-likeness (QED) is 0.709. The number of aliphatic carboxylic acids is 1. The Balaban J connectivity index is 2.07. The number of nitrogens with zero attached hydrogens (tertiary/aromatic N) is 1. The Morgan fingerprint density at radius 3 is 1.71 bits per heavy atom. The number of carbonyl (C=O) groups excluding carboxylic acids is 1. The van der Waals surface area contributed by atoms with Gasteiger partial charge in [0.2, 0.25) is 5.91 Å². The van der Waals surface area contributed by atoms with Crippen LogP contribution in [0.5, 0.6) is 11.5 Å². The summed E-state index contributed by atoms with van der Waals surface area (Å²) < 4.78 is 10.4. The lowest BCUT2D eigenvalue weighted by Gasteiger charge is -2.50. The van der Waals surface area contributed by atoms with Gasteiger partial charge in [0.25, 0.3) is 0 Å². The lowest BCUT2D eigenvalue weighted by Crippen LogP contribution is -2.68. The van der Waals surface area contributed by atoms with Crippen molar-refractivity contribution in [3.63, 3.8) is 0 Å². The lowest BCUT2D eigenvalue weighted by molar-refractivity contribution is -0.180. The summed E-state index contributed by atoms with van der Waals surface area (Å²) in [5, 5.41) is 19.6. The van der Waals surface area contributed by atoms with Gasteiger partial charge < -0.3 is 24.6 Å². The molecule has 2 N–H and O–H groups in total. The van der Waals surface area contributed by atoms with Crippen LogP contribution in [0.25, 0.3) is 0 Å². The summed E-state index contributed by atoms with van der Waals surface area (Å²) >= 11 is 0. The van der Waals surface area contributed by atoms with Crippen molar-refractivity contribution in [1.82, 2.24) is 4.90 Å². The summed E-state index contributed by atoms with van der Waals surface area (Å²) in [6, 6.07) is 12.5. The van der Waals surface area contributed by atoms with Crippen molar-refractivity contribution in [2.75, 3.05) is 14.2 Å². The molecule has 0 saturated carbocycles. The van der Waals surface area contributed by atoms with Gasteiger partial charge in [0.1, 0.15) is 17.5 Å². The first-order chi connectivity index (χ1) is 13.4. The molecule has 3 rings (SSSR count). The van der Waals surface area contributed by atoms with Crippen LogP contribution in [-0.4, -0.2) is 53.4 Å². The molecule has 0 unspecified atom stereocenters. The molecule has 1 saturated heterocycles. The van der Waals surface area contributed by atoms with E-state index in [4.69, 9.17) is 9.47 Å². The summed E-state index contributed by atoms with van der Waals surface area (Å²) in [7, 11) is 3.12. The van der Waals surface area contributed by atoms with Crippen LogP contribution >= 0.6 is 0 Å². The molecule has 3 atom stereocenters. The molecule has 0 aromatic heterocycles. The number of β-lactam (4-membered cyclic amide) rings is 1. The van der Waals surface area contributed by atoms with E-state index in [1.165, 1.54) is 11.8 Å². The summed E-state index contributed by atoms with van der Waals surface area (Å²) in [5.41, 5.74) is 1.49. The predicted octanol–water partition coefficient (Wildman–Crippen LogP) is 2.09. The number of hydrogen-bond donors (Lipinski definition) is 2. The Labute approximate surface area is 163 Å². The van der Waals surface area contributed by atoms with Crippen LogP contribution < -0.4 is 9.47 Å². The van der Waals surface area contributed by atoms with Gasteiger partial charge in [0.15, 0.2) is 0 Å². The fraction of sp³-hybridized carbons (Fsp3) is 0.333. The number of benzene rings is 2. The molecule has 0 aliphatic carbocycles. The van der Waals surface area contributed by atoms with Gasteiger partial charge in [-0.3, -0.25) is 4.79 Å². The standard InChI is InChI=1S/C21H23NO6/c1-12(23)17-19(21(25)26)22(20(17)24)18(13-4-8-15(27-2)9-5-13)14-6-10-16(28-3)11-7-14/h4-12,17-19,23H,1-3H3,(H,25,26)/t12-,17-,19+/m1/s1. The Morgan fingerprint density at radius 2 is 1.39 bits per heavy atom. The number of aliphatic hydroxyl groups excluding tert-OH is 1. The molecule has 1 aliphatic heterocycles. The molecular weight excluding hydrogens is 362 g/mol. The van der Waals surface area contributed by atoms with E-state index in [0.29, 0.717) is 11.5 Å². The van der Waals surface area contributed by atoms with E-state index >= 15 is 0 Å². The third-order valence-corrected chi connectivity index (χ3v) is 5.09. The highest BCUT2D eigenvalue weighted by molar-refractivity contribution is 5.97. The molecule has 0 bridgehead atoms. The monoisotopic (exact) mass is 385 g/mol. The highest BCUT2D eigenvalue weighted by atomic mass is 16.5. The van der Waals surface area contributed by atoms with E-state index < -0.39 is 30.1 Å². The number of likely N-dealkylation sites (tertiary alicyclic amines) is 1. The van der Waals surface area contributed by atoms with Crippen molar-refractivity contribution in [2.45, 2.75) is 25.1 Å².